The van der Waals surface area contributed by atoms with Gasteiger partial charge in [-0.05, 0) is 32.0 Å². The van der Waals surface area contributed by atoms with E-state index in [0.29, 0.717) is 6.07 Å². The van der Waals surface area contributed by atoms with Crippen molar-refractivity contribution in [3.05, 3.63) is 34.9 Å². The summed E-state index contributed by atoms with van der Waals surface area (Å²) in [6, 6.07) is 0.270. The maximum absolute atomic E-state index is 12.7. The third-order valence-electron chi connectivity index (χ3n) is 2.32. The summed E-state index contributed by atoms with van der Waals surface area (Å²) in [4.78, 5) is 11.6. The first-order chi connectivity index (χ1) is 8.93. The number of nitrogens with one attached hydrogen (secondary N) is 1. The lowest BCUT2D eigenvalue weighted by Crippen LogP contribution is -2.32. The zero-order valence-corrected chi connectivity index (χ0v) is 10.5. The molecule has 1 aromatic rings. The molecule has 0 radical (unpaired) electrons. The van der Waals surface area contributed by atoms with E-state index in [4.69, 9.17) is 0 Å². The van der Waals surface area contributed by atoms with Gasteiger partial charge in [-0.15, -0.1) is 0 Å². The standard InChI is InChI=1S/C12H11F6NO/c1-6(2)19-10(20)8-5-7(11(13,14)15)3-4-9(8)12(16,17)18/h3-6H,1-2H3,(H,19,20). The van der Waals surface area contributed by atoms with E-state index in [1.807, 2.05) is 0 Å². The number of rotatable bonds is 2. The van der Waals surface area contributed by atoms with Crippen LogP contribution in [-0.2, 0) is 12.4 Å². The molecule has 0 fully saturated rings. The van der Waals surface area contributed by atoms with E-state index in [9.17, 15) is 31.1 Å². The van der Waals surface area contributed by atoms with Gasteiger partial charge in [0, 0.05) is 6.04 Å². The van der Waals surface area contributed by atoms with Crippen LogP contribution in [-0.4, -0.2) is 11.9 Å². The summed E-state index contributed by atoms with van der Waals surface area (Å²) in [6.45, 7) is 2.97. The highest BCUT2D eigenvalue weighted by atomic mass is 19.4. The highest BCUT2D eigenvalue weighted by Crippen LogP contribution is 2.36. The Kier molecular flexibility index (Phi) is 4.36. The van der Waals surface area contributed by atoms with E-state index in [2.05, 4.69) is 5.32 Å². The van der Waals surface area contributed by atoms with Crippen molar-refractivity contribution in [3.8, 4) is 0 Å². The quantitative estimate of drug-likeness (QED) is 0.825. The summed E-state index contributed by atoms with van der Waals surface area (Å²) in [5, 5.41) is 2.14. The maximum atomic E-state index is 12.7. The first kappa shape index (κ1) is 16.3. The average molecular weight is 299 g/mol. The average Bonchev–Trinajstić information content (AvgIpc) is 2.24. The van der Waals surface area contributed by atoms with Gasteiger partial charge < -0.3 is 5.32 Å². The Morgan fingerprint density at radius 3 is 2.00 bits per heavy atom. The van der Waals surface area contributed by atoms with E-state index in [-0.39, 0.29) is 12.1 Å². The predicted molar refractivity (Wildman–Crippen MR) is 59.0 cm³/mol. The Labute approximate surface area is 110 Å². The molecular weight excluding hydrogens is 288 g/mol. The van der Waals surface area contributed by atoms with Crippen LogP contribution in [0, 0.1) is 0 Å². The lowest BCUT2D eigenvalue weighted by atomic mass is 10.0. The van der Waals surface area contributed by atoms with E-state index in [1.165, 1.54) is 13.8 Å². The molecule has 0 atom stereocenters. The molecule has 1 amide bonds. The van der Waals surface area contributed by atoms with Gasteiger partial charge in [0.2, 0.25) is 0 Å². The zero-order chi connectivity index (χ0) is 15.7. The van der Waals surface area contributed by atoms with E-state index < -0.39 is 41.0 Å². The van der Waals surface area contributed by atoms with Gasteiger partial charge in [0.15, 0.2) is 0 Å². The van der Waals surface area contributed by atoms with Crippen LogP contribution in [0.3, 0.4) is 0 Å². The van der Waals surface area contributed by atoms with Gasteiger partial charge in [0.1, 0.15) is 0 Å². The van der Waals surface area contributed by atoms with Crippen molar-refractivity contribution in [3.63, 3.8) is 0 Å². The molecular formula is C12H11F6NO. The molecule has 1 rings (SSSR count). The molecule has 1 aromatic carbocycles. The van der Waals surface area contributed by atoms with Crippen molar-refractivity contribution >= 4 is 5.91 Å². The topological polar surface area (TPSA) is 29.1 Å². The molecule has 0 unspecified atom stereocenters. The highest BCUT2D eigenvalue weighted by molar-refractivity contribution is 5.96. The van der Waals surface area contributed by atoms with Gasteiger partial charge >= 0.3 is 12.4 Å². The second-order valence-corrected chi connectivity index (χ2v) is 4.38. The van der Waals surface area contributed by atoms with E-state index in [0.717, 1.165) is 0 Å². The minimum atomic E-state index is -4.91. The molecule has 0 saturated carbocycles. The highest BCUT2D eigenvalue weighted by Gasteiger charge is 2.38. The fourth-order valence-corrected chi connectivity index (χ4v) is 1.50. The molecule has 0 aliphatic carbocycles. The Morgan fingerprint density at radius 1 is 1.05 bits per heavy atom. The van der Waals surface area contributed by atoms with Crippen molar-refractivity contribution in [1.29, 1.82) is 0 Å². The number of amides is 1. The molecule has 0 aliphatic rings. The van der Waals surface area contributed by atoms with E-state index in [1.54, 1.807) is 0 Å². The molecule has 1 N–H and O–H groups in total. The number of halogens is 6. The van der Waals surface area contributed by atoms with Crippen molar-refractivity contribution in [2.75, 3.05) is 0 Å². The van der Waals surface area contributed by atoms with Crippen LogP contribution in [0.5, 0.6) is 0 Å². The molecule has 2 nitrogen and oxygen atoms in total. The number of hydrogen-bond acceptors (Lipinski definition) is 1. The molecule has 0 aromatic heterocycles. The van der Waals surface area contributed by atoms with Crippen molar-refractivity contribution in [2.24, 2.45) is 0 Å². The first-order valence-corrected chi connectivity index (χ1v) is 5.52. The van der Waals surface area contributed by atoms with Crippen LogP contribution in [0.4, 0.5) is 26.3 Å². The van der Waals surface area contributed by atoms with Crippen LogP contribution in [0.1, 0.15) is 35.3 Å². The molecule has 0 saturated heterocycles. The van der Waals surface area contributed by atoms with E-state index >= 15 is 0 Å². The smallest absolute Gasteiger partial charge is 0.350 e. The normalized spacial score (nSPS) is 12.7. The molecule has 0 aliphatic heterocycles. The van der Waals surface area contributed by atoms with Crippen molar-refractivity contribution < 1.29 is 31.1 Å². The van der Waals surface area contributed by atoms with Crippen LogP contribution < -0.4 is 5.32 Å². The van der Waals surface area contributed by atoms with Crippen LogP contribution >= 0.6 is 0 Å². The Morgan fingerprint density at radius 2 is 1.60 bits per heavy atom. The Bertz CT molecular complexity index is 504. The van der Waals surface area contributed by atoms with Crippen LogP contribution in [0.15, 0.2) is 18.2 Å². The third-order valence-corrected chi connectivity index (χ3v) is 2.32. The fourth-order valence-electron chi connectivity index (χ4n) is 1.50. The van der Waals surface area contributed by atoms with Gasteiger partial charge in [0.25, 0.3) is 5.91 Å². The minimum absolute atomic E-state index is 0.209. The fraction of sp³-hybridized carbons (Fsp3) is 0.417. The molecule has 0 spiro atoms. The second-order valence-electron chi connectivity index (χ2n) is 4.38. The molecule has 8 heteroatoms. The first-order valence-electron chi connectivity index (χ1n) is 5.52. The summed E-state index contributed by atoms with van der Waals surface area (Å²) in [5.41, 5.74) is -3.75. The summed E-state index contributed by atoms with van der Waals surface area (Å²) in [5.74, 6) is -1.20. The largest absolute Gasteiger partial charge is 0.417 e. The second kappa shape index (κ2) is 5.34. The number of alkyl halides is 6. The summed E-state index contributed by atoms with van der Waals surface area (Å²) in [7, 11) is 0. The van der Waals surface area contributed by atoms with Crippen LogP contribution in [0.2, 0.25) is 0 Å². The van der Waals surface area contributed by atoms with Crippen molar-refractivity contribution in [2.45, 2.75) is 32.2 Å². The Balaban J connectivity index is 3.38. The van der Waals surface area contributed by atoms with Gasteiger partial charge in [-0.1, -0.05) is 0 Å². The monoisotopic (exact) mass is 299 g/mol. The van der Waals surface area contributed by atoms with Gasteiger partial charge in [-0.25, -0.2) is 0 Å². The lowest BCUT2D eigenvalue weighted by Gasteiger charge is -2.16. The third kappa shape index (κ3) is 3.88. The maximum Gasteiger partial charge on any atom is 0.417 e. The van der Waals surface area contributed by atoms with Gasteiger partial charge in [0.05, 0.1) is 16.7 Å². The van der Waals surface area contributed by atoms with Crippen molar-refractivity contribution in [1.82, 2.24) is 5.32 Å². The van der Waals surface area contributed by atoms with Gasteiger partial charge in [-0.3, -0.25) is 4.79 Å². The molecule has 20 heavy (non-hydrogen) atoms. The summed E-state index contributed by atoms with van der Waals surface area (Å²) in [6.07, 6.45) is -9.73. The lowest BCUT2D eigenvalue weighted by molar-refractivity contribution is -0.141. The SMILES string of the molecule is CC(C)NC(=O)c1cc(C(F)(F)F)ccc1C(F)(F)F. The van der Waals surface area contributed by atoms with Crippen LogP contribution in [0.25, 0.3) is 0 Å². The summed E-state index contributed by atoms with van der Waals surface area (Å²) >= 11 is 0. The minimum Gasteiger partial charge on any atom is -0.350 e. The molecule has 0 bridgehead atoms. The number of carbonyl (C=O) groups excluding carboxylic acids is 1. The molecule has 0 heterocycles. The van der Waals surface area contributed by atoms with Gasteiger partial charge in [-0.2, -0.15) is 26.3 Å². The number of hydrogen-bond donors (Lipinski definition) is 1. The molecule has 112 valence electrons. The number of carbonyl (C=O) groups is 1. The predicted octanol–water partition coefficient (Wildman–Crippen LogP) is 3.86. The number of benzene rings is 1. The Hall–Kier alpha value is -1.73. The summed E-state index contributed by atoms with van der Waals surface area (Å²) < 4.78 is 75.7. The zero-order valence-electron chi connectivity index (χ0n) is 10.5.